The maximum atomic E-state index is 12.5. The summed E-state index contributed by atoms with van der Waals surface area (Å²) in [6.07, 6.45) is -42.3. The largest absolute Gasteiger partial charge is 0.451 e. The van der Waals surface area contributed by atoms with Crippen LogP contribution in [0.5, 0.6) is 0 Å². The van der Waals surface area contributed by atoms with Crippen LogP contribution < -0.4 is 0 Å². The fourth-order valence-electron chi connectivity index (χ4n) is 13.0. The van der Waals surface area contributed by atoms with Gasteiger partial charge >= 0.3 is 5.97 Å². The van der Waals surface area contributed by atoms with E-state index in [0.717, 1.165) is 22.3 Å². The van der Waals surface area contributed by atoms with Crippen LogP contribution in [-0.2, 0) is 90.1 Å². The molecular formula is C74H110O34. The lowest BCUT2D eigenvalue weighted by atomic mass is 9.96. The monoisotopic (exact) mass is 1540 g/mol. The van der Waals surface area contributed by atoms with Gasteiger partial charge in [0.1, 0.15) is 140 Å². The van der Waals surface area contributed by atoms with Crippen molar-refractivity contribution in [1.82, 2.24) is 0 Å². The number of esters is 1. The molecule has 34 nitrogen and oxygen atoms in total. The molecule has 0 radical (unpaired) electrons. The van der Waals surface area contributed by atoms with E-state index in [9.17, 15) is 71.2 Å². The van der Waals surface area contributed by atoms with Crippen molar-refractivity contribution in [2.45, 2.75) is 261 Å². The molecule has 108 heavy (non-hydrogen) atoms. The van der Waals surface area contributed by atoms with E-state index in [-0.39, 0.29) is 76.6 Å². The summed E-state index contributed by atoms with van der Waals surface area (Å²) in [5.74, 6) is -0.785. The summed E-state index contributed by atoms with van der Waals surface area (Å²) in [5, 5.41) is 153. The van der Waals surface area contributed by atoms with Crippen molar-refractivity contribution in [2.75, 3.05) is 39.6 Å². The minimum atomic E-state index is -1.72. The van der Waals surface area contributed by atoms with Crippen molar-refractivity contribution in [1.29, 1.82) is 0 Å². The molecule has 34 heteroatoms. The predicted octanol–water partition coefficient (Wildman–Crippen LogP) is -0.204. The van der Waals surface area contributed by atoms with E-state index < -0.39 is 229 Å². The van der Waals surface area contributed by atoms with Crippen LogP contribution in [0.3, 0.4) is 0 Å². The van der Waals surface area contributed by atoms with Crippen LogP contribution in [-0.4, -0.2) is 306 Å². The number of hydrogen-bond acceptors (Lipinski definition) is 34. The zero-order valence-corrected chi connectivity index (χ0v) is 54.6. The van der Waals surface area contributed by atoms with Gasteiger partial charge < -0.3 is 162 Å². The van der Waals surface area contributed by atoms with Gasteiger partial charge in [0.15, 0.2) is 62.7 Å². The number of aliphatic hydroxyl groups is 15. The van der Waals surface area contributed by atoms with Gasteiger partial charge in [-0.15, -0.1) is 0 Å². The van der Waals surface area contributed by atoms with E-state index in [1.165, 1.54) is 6.92 Å². The molecule has 4 aromatic rings. The highest BCUT2D eigenvalue weighted by Crippen LogP contribution is 2.42. The van der Waals surface area contributed by atoms with Crippen molar-refractivity contribution in [3.8, 4) is 0 Å². The number of carbonyl (C=O) groups excluding carboxylic acids is 1. The molecule has 10 fully saturated rings. The topological polar surface area (TPSA) is 487 Å². The summed E-state index contributed by atoms with van der Waals surface area (Å²) in [4.78, 5) is 12.5. The van der Waals surface area contributed by atoms with Gasteiger partial charge in [0.2, 0.25) is 6.29 Å². The van der Waals surface area contributed by atoms with Gasteiger partial charge in [-0.05, 0) is 6.92 Å². The molecule has 610 valence electrons. The Labute approximate surface area is 626 Å². The zero-order valence-electron chi connectivity index (χ0n) is 54.6. The summed E-state index contributed by atoms with van der Waals surface area (Å²) < 4.78 is 103. The molecular weight excluding hydrogens is 1430 g/mol. The summed E-state index contributed by atoms with van der Waals surface area (Å²) >= 11 is 0. The van der Waals surface area contributed by atoms with Crippen LogP contribution in [0.25, 0.3) is 0 Å². The second-order valence-electron chi connectivity index (χ2n) is 25.8. The van der Waals surface area contributed by atoms with Crippen LogP contribution in [0.2, 0.25) is 0 Å². The third-order valence-electron chi connectivity index (χ3n) is 18.7. The Morgan fingerprint density at radius 3 is 0.843 bits per heavy atom. The molecule has 0 amide bonds. The van der Waals surface area contributed by atoms with Gasteiger partial charge in [-0.3, -0.25) is 0 Å². The average Bonchev–Trinajstić information content (AvgIpc) is 0.773. The molecule has 10 saturated heterocycles. The van der Waals surface area contributed by atoms with E-state index in [4.69, 9.17) is 95.5 Å². The molecule has 0 aliphatic carbocycles. The number of hydrogen-bond donors (Lipinski definition) is 15. The minimum Gasteiger partial charge on any atom is -0.451 e. The molecule has 10 heterocycles. The van der Waals surface area contributed by atoms with Crippen LogP contribution >= 0.6 is 0 Å². The molecule has 0 bridgehead atoms. The predicted molar refractivity (Wildman–Crippen MR) is 373 cm³/mol. The quantitative estimate of drug-likeness (QED) is 0.0574. The van der Waals surface area contributed by atoms with Crippen LogP contribution in [0.1, 0.15) is 98.9 Å². The maximum absolute atomic E-state index is 12.5. The Hall–Kier alpha value is -5.19. The van der Waals surface area contributed by atoms with E-state index in [1.54, 1.807) is 0 Å². The second-order valence-corrected chi connectivity index (χ2v) is 25.8. The molecule has 10 aliphatic heterocycles. The highest BCUT2D eigenvalue weighted by Gasteiger charge is 2.58. The molecule has 0 spiro atoms. The van der Waals surface area contributed by atoms with Crippen LogP contribution in [0.4, 0.5) is 0 Å². The number of benzene rings is 4. The van der Waals surface area contributed by atoms with E-state index in [0.29, 0.717) is 0 Å². The smallest absolute Gasteiger partial charge is 0.333 e. The standard InChI is InChI=1S/C30H34O12.C26H30O11.C12H22O11.6CH4/c1-15(2)26(34)39-25-22(33)24-19(14-36-28(41-24)17-11-7-4-8-12-17)38-30(25)42-29-21(32)20(31)23-18(37-29)13-35-27(40-23)16-9-5-3-6-10-16;27-17-19(29)25(33-15-11-31-23(35-21(15)17)13-7-3-1-4-8-13)37-26-20(30)18(28)22-16(34-26)12-32-24(36-22)14-9-5-2-6-10-14;13-1-3-5(15)7(17)9(19)11(21-3)23-12-10(20)8(18)6(16)4(2-14)22-12;;;;;;/h3-12,18-25,27-33H,1,13-14H2,2H3;1-10,15-30H,11-12H2;3-20H,1-2H2;6*1H4/t18-,19-,20-,21-,22+,23-,24-,25-,27?,28?,29-,30-;15-,16-,17-,18-,19-,20-,21-,22-,23?,24?,25-,26-;3-,4-,5-,6-,7+,8+,9-,10-,11-,12-;;;;;;/m111....../s1. The minimum absolute atomic E-state index is 0. The first kappa shape index (κ1) is 91.7. The SMILES string of the molecule is C.C.C.C.C.C.C=C(C)C(=O)O[C@H]1[C@@H](O[C@H]2O[C@@H]3COC(c4ccccc4)O[C@H]3[C@H](O)[C@H]2O)O[C@@H]2COC(c3ccccc3)O[C@H]2[C@@H]1O.OC[C@H]1O[C@H](O[C@H]2O[C@H](CO)[C@@H](O)[C@H](O)[C@H]2O)[C@H](O)[C@@H](O)[C@@H]1O.O[C@@H]1[C@@H](O)[C@@H](O[C@H]2O[C@@H]3COC(c4ccccc4)O[C@H]3[C@H](O)[C@H]2O)O[C@@H]2COC(c3ccccc3)O[C@@H]12. The summed E-state index contributed by atoms with van der Waals surface area (Å²) in [6, 6.07) is 36.9. The Kier molecular flexibility index (Phi) is 34.8. The maximum Gasteiger partial charge on any atom is 0.333 e. The Morgan fingerprint density at radius 2 is 0.574 bits per heavy atom. The Morgan fingerprint density at radius 1 is 0.333 bits per heavy atom. The van der Waals surface area contributed by atoms with Crippen molar-refractivity contribution < 1.29 is 167 Å². The number of fused-ring (bicyclic) bond motifs is 4. The van der Waals surface area contributed by atoms with Gasteiger partial charge in [0.05, 0.1) is 39.6 Å². The van der Waals surface area contributed by atoms with E-state index in [2.05, 4.69) is 6.58 Å². The number of ether oxygens (including phenoxy) is 18. The van der Waals surface area contributed by atoms with E-state index in [1.807, 2.05) is 121 Å². The van der Waals surface area contributed by atoms with Crippen molar-refractivity contribution in [3.63, 3.8) is 0 Å². The molecule has 4 unspecified atom stereocenters. The van der Waals surface area contributed by atoms with Crippen molar-refractivity contribution in [2.24, 2.45) is 0 Å². The molecule has 4 aromatic carbocycles. The molecule has 34 atom stereocenters. The van der Waals surface area contributed by atoms with E-state index >= 15 is 0 Å². The molecule has 10 aliphatic rings. The Bertz CT molecular complexity index is 3140. The van der Waals surface area contributed by atoms with Gasteiger partial charge in [-0.2, -0.15) is 0 Å². The first-order valence-electron chi connectivity index (χ1n) is 33.2. The fraction of sp³-hybridized carbons (Fsp3) is 0.635. The number of rotatable bonds is 14. The zero-order chi connectivity index (χ0) is 72.2. The van der Waals surface area contributed by atoms with Crippen molar-refractivity contribution in [3.05, 3.63) is 156 Å². The summed E-state index contributed by atoms with van der Waals surface area (Å²) in [7, 11) is 0. The molecule has 15 N–H and O–H groups in total. The van der Waals surface area contributed by atoms with Gasteiger partial charge in [-0.25, -0.2) is 4.79 Å². The molecule has 14 rings (SSSR count). The third-order valence-corrected chi connectivity index (χ3v) is 18.7. The van der Waals surface area contributed by atoms with Gasteiger partial charge in [0.25, 0.3) is 0 Å². The summed E-state index contributed by atoms with van der Waals surface area (Å²) in [6.45, 7) is 3.97. The number of carbonyl (C=O) groups is 1. The second kappa shape index (κ2) is 41.0. The van der Waals surface area contributed by atoms with Gasteiger partial charge in [-0.1, -0.05) is 172 Å². The molecule has 0 saturated carbocycles. The molecule has 0 aromatic heterocycles. The fourth-order valence-corrected chi connectivity index (χ4v) is 13.0. The first-order chi connectivity index (χ1) is 49.1. The van der Waals surface area contributed by atoms with Crippen LogP contribution in [0.15, 0.2) is 133 Å². The average molecular weight is 1540 g/mol. The highest BCUT2D eigenvalue weighted by molar-refractivity contribution is 5.87. The highest BCUT2D eigenvalue weighted by atomic mass is 16.8. The van der Waals surface area contributed by atoms with Crippen molar-refractivity contribution >= 4 is 5.97 Å². The van der Waals surface area contributed by atoms with Gasteiger partial charge in [0, 0.05) is 27.8 Å². The van der Waals surface area contributed by atoms with Crippen LogP contribution in [0, 0.1) is 0 Å². The number of aliphatic hydroxyl groups excluding tert-OH is 15. The normalized spacial score (nSPS) is 41.6. The lowest BCUT2D eigenvalue weighted by Gasteiger charge is -2.50. The lowest BCUT2D eigenvalue weighted by Crippen LogP contribution is -2.66. The first-order valence-corrected chi connectivity index (χ1v) is 33.2. The Balaban J connectivity index is 0.000000256. The summed E-state index contributed by atoms with van der Waals surface area (Å²) in [5.41, 5.74) is 3.13. The third kappa shape index (κ3) is 20.2. The lowest BCUT2D eigenvalue weighted by molar-refractivity contribution is -0.412.